The van der Waals surface area contributed by atoms with Crippen LogP contribution in [0.2, 0.25) is 0 Å². The first-order valence-corrected chi connectivity index (χ1v) is 5.78. The zero-order valence-corrected chi connectivity index (χ0v) is 10.1. The van der Waals surface area contributed by atoms with Crippen LogP contribution in [0.4, 0.5) is 26.3 Å². The molecule has 20 heavy (non-hydrogen) atoms. The van der Waals surface area contributed by atoms with Gasteiger partial charge in [-0.05, 0) is 30.5 Å². The number of ether oxygens (including phenoxy) is 1. The summed E-state index contributed by atoms with van der Waals surface area (Å²) in [5.41, 5.74) is -1.39. The van der Waals surface area contributed by atoms with Crippen LogP contribution in [0.1, 0.15) is 18.4 Å². The van der Waals surface area contributed by atoms with Crippen LogP contribution in [0, 0.1) is 0 Å². The minimum absolute atomic E-state index is 0.0196. The van der Waals surface area contributed by atoms with Gasteiger partial charge in [0.25, 0.3) is 0 Å². The van der Waals surface area contributed by atoms with Gasteiger partial charge in [-0.15, -0.1) is 13.2 Å². The van der Waals surface area contributed by atoms with E-state index >= 15 is 0 Å². The van der Waals surface area contributed by atoms with Gasteiger partial charge < -0.3 is 4.74 Å². The first kappa shape index (κ1) is 15.0. The lowest BCUT2D eigenvalue weighted by atomic mass is 10.2. The molecule has 1 fully saturated rings. The highest BCUT2D eigenvalue weighted by Crippen LogP contribution is 2.49. The lowest BCUT2D eigenvalue weighted by Gasteiger charge is -2.20. The first-order valence-electron chi connectivity index (χ1n) is 5.78. The molecule has 0 aromatic heterocycles. The molecule has 1 aromatic carbocycles. The Bertz CT molecular complexity index is 460. The average molecular weight is 299 g/mol. The zero-order chi connectivity index (χ0) is 15.0. The van der Waals surface area contributed by atoms with Gasteiger partial charge in [-0.3, -0.25) is 5.32 Å². The molecule has 112 valence electrons. The molecule has 0 atom stereocenters. The van der Waals surface area contributed by atoms with Gasteiger partial charge in [0.05, 0.1) is 0 Å². The monoisotopic (exact) mass is 299 g/mol. The third kappa shape index (κ3) is 3.56. The van der Waals surface area contributed by atoms with Crippen molar-refractivity contribution in [1.29, 1.82) is 0 Å². The maximum Gasteiger partial charge on any atom is 0.573 e. The highest BCUT2D eigenvalue weighted by molar-refractivity contribution is 5.27. The number of rotatable bonds is 4. The van der Waals surface area contributed by atoms with Crippen molar-refractivity contribution in [3.05, 3.63) is 29.8 Å². The summed E-state index contributed by atoms with van der Waals surface area (Å²) in [6.07, 6.45) is -9.06. The molecule has 1 aromatic rings. The van der Waals surface area contributed by atoms with Crippen LogP contribution in [0.5, 0.6) is 5.75 Å². The molecule has 1 aliphatic rings. The van der Waals surface area contributed by atoms with Crippen molar-refractivity contribution in [3.8, 4) is 5.75 Å². The van der Waals surface area contributed by atoms with Crippen molar-refractivity contribution < 1.29 is 31.1 Å². The topological polar surface area (TPSA) is 21.3 Å². The van der Waals surface area contributed by atoms with Crippen LogP contribution >= 0.6 is 0 Å². The van der Waals surface area contributed by atoms with E-state index in [0.717, 1.165) is 12.1 Å². The van der Waals surface area contributed by atoms with E-state index < -0.39 is 23.8 Å². The molecule has 0 unspecified atom stereocenters. The van der Waals surface area contributed by atoms with E-state index in [1.807, 2.05) is 0 Å². The predicted octanol–water partition coefficient (Wildman–Crippen LogP) is 3.77. The van der Waals surface area contributed by atoms with Crippen molar-refractivity contribution in [2.24, 2.45) is 0 Å². The van der Waals surface area contributed by atoms with Crippen LogP contribution in [0.25, 0.3) is 0 Å². The Labute approximate surface area is 110 Å². The number of benzene rings is 1. The van der Waals surface area contributed by atoms with Crippen LogP contribution in [-0.4, -0.2) is 18.1 Å². The molecular weight excluding hydrogens is 288 g/mol. The number of halogens is 6. The van der Waals surface area contributed by atoms with Crippen molar-refractivity contribution in [2.45, 2.75) is 37.5 Å². The van der Waals surface area contributed by atoms with Gasteiger partial charge in [0.1, 0.15) is 11.3 Å². The molecule has 0 saturated heterocycles. The minimum Gasteiger partial charge on any atom is -0.406 e. The summed E-state index contributed by atoms with van der Waals surface area (Å²) >= 11 is 0. The molecule has 1 aliphatic carbocycles. The lowest BCUT2D eigenvalue weighted by Crippen LogP contribution is -2.44. The Morgan fingerprint density at radius 2 is 1.55 bits per heavy atom. The first-order chi connectivity index (χ1) is 9.11. The maximum atomic E-state index is 12.6. The Kier molecular flexibility index (Phi) is 3.62. The molecule has 0 heterocycles. The van der Waals surface area contributed by atoms with Crippen LogP contribution < -0.4 is 10.1 Å². The number of nitrogens with one attached hydrogen (secondary N) is 1. The normalized spacial score (nSPS) is 17.9. The maximum absolute atomic E-state index is 12.6. The highest BCUT2D eigenvalue weighted by Gasteiger charge is 2.62. The van der Waals surface area contributed by atoms with Gasteiger partial charge in [-0.2, -0.15) is 13.2 Å². The Balaban J connectivity index is 1.92. The third-order valence-corrected chi connectivity index (χ3v) is 3.08. The second-order valence-electron chi connectivity index (χ2n) is 4.63. The van der Waals surface area contributed by atoms with Gasteiger partial charge in [0.15, 0.2) is 0 Å². The molecule has 2 nitrogen and oxygen atoms in total. The molecule has 0 spiro atoms. The predicted molar refractivity (Wildman–Crippen MR) is 58.0 cm³/mol. The van der Waals surface area contributed by atoms with Crippen LogP contribution in [0.15, 0.2) is 24.3 Å². The Morgan fingerprint density at radius 1 is 1.00 bits per heavy atom. The van der Waals surface area contributed by atoms with Gasteiger partial charge in [-0.25, -0.2) is 0 Å². The number of hydrogen-bond donors (Lipinski definition) is 1. The molecule has 2 rings (SSSR count). The van der Waals surface area contributed by atoms with E-state index in [-0.39, 0.29) is 19.4 Å². The molecule has 0 amide bonds. The number of hydrogen-bond acceptors (Lipinski definition) is 2. The summed E-state index contributed by atoms with van der Waals surface area (Å²) < 4.78 is 77.4. The summed E-state index contributed by atoms with van der Waals surface area (Å²) in [7, 11) is 0. The molecule has 0 radical (unpaired) electrons. The molecular formula is C12H11F6NO. The molecule has 1 N–H and O–H groups in total. The van der Waals surface area contributed by atoms with Crippen LogP contribution in [-0.2, 0) is 6.54 Å². The fraction of sp³-hybridized carbons (Fsp3) is 0.500. The quantitative estimate of drug-likeness (QED) is 0.855. The van der Waals surface area contributed by atoms with Gasteiger partial charge in [0.2, 0.25) is 0 Å². The second kappa shape index (κ2) is 4.83. The molecule has 0 bridgehead atoms. The summed E-state index contributed by atoms with van der Waals surface area (Å²) in [6, 6.07) is 4.72. The fourth-order valence-corrected chi connectivity index (χ4v) is 1.77. The Morgan fingerprint density at radius 3 is 1.95 bits per heavy atom. The van der Waals surface area contributed by atoms with E-state index in [2.05, 4.69) is 10.1 Å². The minimum atomic E-state index is -4.78. The van der Waals surface area contributed by atoms with Crippen molar-refractivity contribution >= 4 is 0 Å². The molecule has 1 saturated carbocycles. The van der Waals surface area contributed by atoms with E-state index in [9.17, 15) is 26.3 Å². The zero-order valence-electron chi connectivity index (χ0n) is 10.1. The standard InChI is InChI=1S/C12H11F6NO/c13-11(14,15)10(5-6-10)19-7-8-1-3-9(4-2-8)20-12(16,17)18/h1-4,19H,5-7H2. The third-order valence-electron chi connectivity index (χ3n) is 3.08. The van der Waals surface area contributed by atoms with Crippen molar-refractivity contribution in [1.82, 2.24) is 5.32 Å². The SMILES string of the molecule is FC(F)(F)Oc1ccc(CNC2(C(F)(F)F)CC2)cc1. The summed E-state index contributed by atoms with van der Waals surface area (Å²) in [4.78, 5) is 0. The van der Waals surface area contributed by atoms with Gasteiger partial charge in [0, 0.05) is 6.54 Å². The van der Waals surface area contributed by atoms with Crippen molar-refractivity contribution in [3.63, 3.8) is 0 Å². The summed E-state index contributed by atoms with van der Waals surface area (Å²) in [6.45, 7) is -0.0637. The lowest BCUT2D eigenvalue weighted by molar-refractivity contribution is -0.274. The van der Waals surface area contributed by atoms with Gasteiger partial charge in [-0.1, -0.05) is 12.1 Å². The average Bonchev–Trinajstić information content (AvgIpc) is 3.06. The van der Waals surface area contributed by atoms with Crippen LogP contribution in [0.3, 0.4) is 0 Å². The summed E-state index contributed by atoms with van der Waals surface area (Å²) in [5, 5.41) is 2.41. The Hall–Kier alpha value is -1.44. The van der Waals surface area contributed by atoms with Crippen molar-refractivity contribution in [2.75, 3.05) is 0 Å². The number of alkyl halides is 6. The molecule has 0 aliphatic heterocycles. The van der Waals surface area contributed by atoms with E-state index in [0.29, 0.717) is 5.56 Å². The highest BCUT2D eigenvalue weighted by atomic mass is 19.4. The van der Waals surface area contributed by atoms with E-state index in [1.54, 1.807) is 0 Å². The van der Waals surface area contributed by atoms with E-state index in [4.69, 9.17) is 0 Å². The molecule has 8 heteroatoms. The fourth-order valence-electron chi connectivity index (χ4n) is 1.77. The summed E-state index contributed by atoms with van der Waals surface area (Å²) in [5.74, 6) is -0.404. The second-order valence-corrected chi connectivity index (χ2v) is 4.63. The van der Waals surface area contributed by atoms with E-state index in [1.165, 1.54) is 12.1 Å². The van der Waals surface area contributed by atoms with Gasteiger partial charge >= 0.3 is 12.5 Å². The largest absolute Gasteiger partial charge is 0.573 e. The smallest absolute Gasteiger partial charge is 0.406 e.